The van der Waals surface area contributed by atoms with E-state index in [4.69, 9.17) is 10.00 Å². The van der Waals surface area contributed by atoms with Gasteiger partial charge in [0.15, 0.2) is 0 Å². The molecule has 76 valence electrons. The summed E-state index contributed by atoms with van der Waals surface area (Å²) in [6.07, 6.45) is 1.75. The van der Waals surface area contributed by atoms with E-state index >= 15 is 0 Å². The third-order valence-electron chi connectivity index (χ3n) is 2.31. The summed E-state index contributed by atoms with van der Waals surface area (Å²) in [7, 11) is 1.27. The van der Waals surface area contributed by atoms with Crippen molar-refractivity contribution in [2.45, 2.75) is 25.9 Å². The van der Waals surface area contributed by atoms with E-state index < -0.39 is 5.97 Å². The predicted molar refractivity (Wildman–Crippen MR) is 49.3 cm³/mol. The van der Waals surface area contributed by atoms with Gasteiger partial charge in [0.05, 0.1) is 13.2 Å². The molecule has 0 aliphatic carbocycles. The lowest BCUT2D eigenvalue weighted by Gasteiger charge is -2.10. The molecule has 0 radical (unpaired) electrons. The molecule has 0 aromatic heterocycles. The average molecular weight is 195 g/mol. The number of ether oxygens (including phenoxy) is 2. The maximum absolute atomic E-state index is 11.2. The van der Waals surface area contributed by atoms with Gasteiger partial charge in [-0.3, -0.25) is 0 Å². The first-order valence-electron chi connectivity index (χ1n) is 4.51. The van der Waals surface area contributed by atoms with Crippen LogP contribution >= 0.6 is 0 Å². The highest BCUT2D eigenvalue weighted by atomic mass is 16.5. The molecule has 0 bridgehead atoms. The first-order chi connectivity index (χ1) is 6.70. The highest BCUT2D eigenvalue weighted by Crippen LogP contribution is 2.22. The second-order valence-electron chi connectivity index (χ2n) is 3.16. The largest absolute Gasteiger partial charge is 0.465 e. The fourth-order valence-electron chi connectivity index (χ4n) is 1.48. The number of methoxy groups -OCH3 is 1. The van der Waals surface area contributed by atoms with Crippen LogP contribution in [0.15, 0.2) is 11.1 Å². The molecular weight excluding hydrogens is 182 g/mol. The molecular formula is C10H13NO3. The Morgan fingerprint density at radius 3 is 2.79 bits per heavy atom. The van der Waals surface area contributed by atoms with Gasteiger partial charge in [0.25, 0.3) is 0 Å². The molecule has 1 saturated heterocycles. The number of esters is 1. The van der Waals surface area contributed by atoms with Crippen molar-refractivity contribution in [1.29, 1.82) is 5.26 Å². The molecule has 14 heavy (non-hydrogen) atoms. The Hall–Kier alpha value is -1.34. The van der Waals surface area contributed by atoms with Crippen LogP contribution in [0, 0.1) is 11.3 Å². The zero-order valence-electron chi connectivity index (χ0n) is 8.37. The van der Waals surface area contributed by atoms with Gasteiger partial charge in [-0.2, -0.15) is 5.26 Å². The summed E-state index contributed by atoms with van der Waals surface area (Å²) in [5.41, 5.74) is 0.747. The second-order valence-corrected chi connectivity index (χ2v) is 3.16. The molecule has 1 unspecified atom stereocenters. The van der Waals surface area contributed by atoms with E-state index in [0.29, 0.717) is 12.2 Å². The predicted octanol–water partition coefficient (Wildman–Crippen LogP) is 1.18. The first kappa shape index (κ1) is 10.7. The van der Waals surface area contributed by atoms with Crippen molar-refractivity contribution < 1.29 is 14.3 Å². The number of nitriles is 1. The van der Waals surface area contributed by atoms with E-state index in [9.17, 15) is 4.79 Å². The van der Waals surface area contributed by atoms with Gasteiger partial charge in [-0.15, -0.1) is 0 Å². The van der Waals surface area contributed by atoms with Crippen LogP contribution in [0.4, 0.5) is 0 Å². The summed E-state index contributed by atoms with van der Waals surface area (Å²) >= 11 is 0. The fourth-order valence-corrected chi connectivity index (χ4v) is 1.48. The highest BCUT2D eigenvalue weighted by Gasteiger charge is 2.23. The van der Waals surface area contributed by atoms with Crippen LogP contribution in [0.3, 0.4) is 0 Å². The standard InChI is InChI=1S/C10H13NO3/c1-7(9-4-3-5-14-9)8(6-11)10(12)13-2/h9H,3-5H2,1-2H3/b8-7+. The van der Waals surface area contributed by atoms with Crippen LogP contribution in [0.5, 0.6) is 0 Å². The molecule has 0 N–H and O–H groups in total. The zero-order chi connectivity index (χ0) is 10.6. The Labute approximate surface area is 83.1 Å². The van der Waals surface area contributed by atoms with Crippen molar-refractivity contribution in [3.8, 4) is 6.07 Å². The Bertz CT molecular complexity index is 295. The van der Waals surface area contributed by atoms with Crippen LogP contribution in [0.1, 0.15) is 19.8 Å². The average Bonchev–Trinajstić information content (AvgIpc) is 2.71. The zero-order valence-corrected chi connectivity index (χ0v) is 8.37. The Balaban J connectivity index is 2.87. The summed E-state index contributed by atoms with van der Waals surface area (Å²) in [6.45, 7) is 2.44. The molecule has 1 aliphatic heterocycles. The van der Waals surface area contributed by atoms with Gasteiger partial charge < -0.3 is 9.47 Å². The minimum atomic E-state index is -0.583. The number of hydrogen-bond acceptors (Lipinski definition) is 4. The van der Waals surface area contributed by atoms with Crippen LogP contribution in [0.25, 0.3) is 0 Å². The molecule has 0 aromatic carbocycles. The maximum Gasteiger partial charge on any atom is 0.348 e. The Morgan fingerprint density at radius 1 is 1.64 bits per heavy atom. The monoisotopic (exact) mass is 195 g/mol. The lowest BCUT2D eigenvalue weighted by atomic mass is 10.0. The third kappa shape index (κ3) is 2.12. The van der Waals surface area contributed by atoms with E-state index in [1.807, 2.05) is 6.07 Å². The summed E-state index contributed by atoms with van der Waals surface area (Å²) in [5.74, 6) is -0.583. The van der Waals surface area contributed by atoms with Gasteiger partial charge in [-0.1, -0.05) is 0 Å². The molecule has 1 aliphatic rings. The molecule has 1 rings (SSSR count). The third-order valence-corrected chi connectivity index (χ3v) is 2.31. The molecule has 0 amide bonds. The van der Waals surface area contributed by atoms with Crippen molar-refractivity contribution >= 4 is 5.97 Å². The molecule has 4 heteroatoms. The van der Waals surface area contributed by atoms with Crippen LogP contribution in [0.2, 0.25) is 0 Å². The second kappa shape index (κ2) is 4.77. The van der Waals surface area contributed by atoms with E-state index in [1.54, 1.807) is 6.92 Å². The Morgan fingerprint density at radius 2 is 2.36 bits per heavy atom. The topological polar surface area (TPSA) is 59.3 Å². The quantitative estimate of drug-likeness (QED) is 0.377. The van der Waals surface area contributed by atoms with Crippen molar-refractivity contribution in [2.75, 3.05) is 13.7 Å². The van der Waals surface area contributed by atoms with Gasteiger partial charge in [0, 0.05) is 6.61 Å². The molecule has 0 saturated carbocycles. The number of hydrogen-bond donors (Lipinski definition) is 0. The maximum atomic E-state index is 11.2. The van der Waals surface area contributed by atoms with Crippen molar-refractivity contribution in [3.63, 3.8) is 0 Å². The summed E-state index contributed by atoms with van der Waals surface area (Å²) < 4.78 is 9.88. The van der Waals surface area contributed by atoms with Crippen LogP contribution in [-0.2, 0) is 14.3 Å². The number of carbonyl (C=O) groups excluding carboxylic acids is 1. The Kier molecular flexibility index (Phi) is 3.66. The minimum Gasteiger partial charge on any atom is -0.465 e. The normalized spacial score (nSPS) is 22.5. The first-order valence-corrected chi connectivity index (χ1v) is 4.51. The van der Waals surface area contributed by atoms with Crippen molar-refractivity contribution in [3.05, 3.63) is 11.1 Å². The van der Waals surface area contributed by atoms with Crippen molar-refractivity contribution in [1.82, 2.24) is 0 Å². The summed E-state index contributed by atoms with van der Waals surface area (Å²) in [4.78, 5) is 11.2. The molecule has 0 spiro atoms. The number of rotatable bonds is 2. The highest BCUT2D eigenvalue weighted by molar-refractivity contribution is 5.93. The van der Waals surface area contributed by atoms with Crippen molar-refractivity contribution in [2.24, 2.45) is 0 Å². The van der Waals surface area contributed by atoms with Crippen LogP contribution < -0.4 is 0 Å². The SMILES string of the molecule is COC(=O)/C(C#N)=C(\C)C1CCCO1. The van der Waals surface area contributed by atoms with Gasteiger partial charge in [0.2, 0.25) is 0 Å². The van der Waals surface area contributed by atoms with E-state index in [2.05, 4.69) is 4.74 Å². The molecule has 0 aromatic rings. The van der Waals surface area contributed by atoms with E-state index in [0.717, 1.165) is 12.8 Å². The van der Waals surface area contributed by atoms with E-state index in [1.165, 1.54) is 7.11 Å². The number of carbonyl (C=O) groups is 1. The number of nitrogens with zero attached hydrogens (tertiary/aromatic N) is 1. The van der Waals surface area contributed by atoms with Gasteiger partial charge in [-0.25, -0.2) is 4.79 Å². The molecule has 4 nitrogen and oxygen atoms in total. The lowest BCUT2D eigenvalue weighted by Crippen LogP contribution is -2.14. The smallest absolute Gasteiger partial charge is 0.348 e. The van der Waals surface area contributed by atoms with Gasteiger partial charge >= 0.3 is 5.97 Å². The van der Waals surface area contributed by atoms with Gasteiger partial charge in [-0.05, 0) is 25.3 Å². The summed E-state index contributed by atoms with van der Waals surface area (Å²) in [6, 6.07) is 1.85. The lowest BCUT2D eigenvalue weighted by molar-refractivity contribution is -0.135. The van der Waals surface area contributed by atoms with E-state index in [-0.39, 0.29) is 11.7 Å². The van der Waals surface area contributed by atoms with Crippen LogP contribution in [-0.4, -0.2) is 25.8 Å². The minimum absolute atomic E-state index is 0.0689. The fraction of sp³-hybridized carbons (Fsp3) is 0.600. The molecule has 1 atom stereocenters. The summed E-state index contributed by atoms with van der Waals surface area (Å²) in [5, 5.41) is 8.79. The van der Waals surface area contributed by atoms with Gasteiger partial charge in [0.1, 0.15) is 11.6 Å². The molecule has 1 heterocycles. The molecule has 1 fully saturated rings.